The second-order valence-electron chi connectivity index (χ2n) is 7.43. The average molecular weight is 442 g/mol. The minimum Gasteiger partial charge on any atom is -0.484 e. The zero-order valence-corrected chi connectivity index (χ0v) is 17.1. The molecule has 0 N–H and O–H groups in total. The first kappa shape index (κ1) is 21.7. The number of likely N-dealkylation sites (tertiary alicyclic amines) is 1. The van der Waals surface area contributed by atoms with Crippen LogP contribution in [0.4, 0.5) is 13.2 Å². The Hall–Kier alpha value is -3.55. The molecule has 1 aromatic heterocycles. The van der Waals surface area contributed by atoms with Crippen LogP contribution in [0.1, 0.15) is 12.0 Å². The molecule has 1 aliphatic heterocycles. The van der Waals surface area contributed by atoms with Crippen LogP contribution in [0, 0.1) is 0 Å². The van der Waals surface area contributed by atoms with E-state index in [1.807, 2.05) is 54.6 Å². The van der Waals surface area contributed by atoms with Gasteiger partial charge in [-0.25, -0.2) is 4.98 Å². The highest BCUT2D eigenvalue weighted by atomic mass is 19.4. The summed E-state index contributed by atoms with van der Waals surface area (Å²) in [5.74, 6) is 0.271. The molecule has 1 unspecified atom stereocenters. The van der Waals surface area contributed by atoms with Gasteiger partial charge in [0.2, 0.25) is 5.88 Å². The Morgan fingerprint density at radius 1 is 1.03 bits per heavy atom. The number of carbonyl (C=O) groups is 1. The molecule has 0 bridgehead atoms. The van der Waals surface area contributed by atoms with Gasteiger partial charge in [0.05, 0.1) is 12.1 Å². The van der Waals surface area contributed by atoms with E-state index in [0.717, 1.165) is 29.5 Å². The highest BCUT2D eigenvalue weighted by Crippen LogP contribution is 2.31. The van der Waals surface area contributed by atoms with Crippen molar-refractivity contribution in [2.45, 2.75) is 18.7 Å². The van der Waals surface area contributed by atoms with Crippen molar-refractivity contribution in [2.24, 2.45) is 0 Å². The zero-order valence-electron chi connectivity index (χ0n) is 17.1. The standard InChI is InChI=1S/C24H21F3N2O3/c25-24(26,27)19-10-12-28-22(14-19)32-21-11-13-29(15-21)23(30)16-31-20-8-6-18(7-9-20)17-4-2-1-3-5-17/h1-10,12,14,21H,11,13,15-16H2. The van der Waals surface area contributed by atoms with Crippen molar-refractivity contribution in [3.8, 4) is 22.8 Å². The maximum absolute atomic E-state index is 12.8. The van der Waals surface area contributed by atoms with Crippen molar-refractivity contribution in [2.75, 3.05) is 19.7 Å². The maximum atomic E-state index is 12.8. The minimum absolute atomic E-state index is 0.103. The van der Waals surface area contributed by atoms with E-state index in [2.05, 4.69) is 4.98 Å². The lowest BCUT2D eigenvalue weighted by Gasteiger charge is -2.17. The third kappa shape index (κ3) is 5.38. The van der Waals surface area contributed by atoms with Gasteiger partial charge in [0.25, 0.3) is 5.91 Å². The summed E-state index contributed by atoms with van der Waals surface area (Å²) in [4.78, 5) is 17.9. The lowest BCUT2D eigenvalue weighted by atomic mass is 10.1. The Labute approximate surface area is 183 Å². The number of alkyl halides is 3. The lowest BCUT2D eigenvalue weighted by molar-refractivity contribution is -0.137. The predicted molar refractivity (Wildman–Crippen MR) is 112 cm³/mol. The van der Waals surface area contributed by atoms with Gasteiger partial charge < -0.3 is 14.4 Å². The predicted octanol–water partition coefficient (Wildman–Crippen LogP) is 4.83. The number of benzene rings is 2. The third-order valence-electron chi connectivity index (χ3n) is 5.17. The first-order valence-electron chi connectivity index (χ1n) is 10.1. The second kappa shape index (κ2) is 9.30. The van der Waals surface area contributed by atoms with Crippen LogP contribution in [-0.4, -0.2) is 41.6 Å². The third-order valence-corrected chi connectivity index (χ3v) is 5.17. The zero-order chi connectivity index (χ0) is 22.6. The Morgan fingerprint density at radius 3 is 2.47 bits per heavy atom. The molecule has 5 nitrogen and oxygen atoms in total. The molecule has 2 heterocycles. The molecule has 3 aromatic rings. The molecular formula is C24H21F3N2O3. The van der Waals surface area contributed by atoms with Crippen LogP contribution in [0.3, 0.4) is 0 Å². The Morgan fingerprint density at radius 2 is 1.75 bits per heavy atom. The summed E-state index contributed by atoms with van der Waals surface area (Å²) in [5, 5.41) is 0. The summed E-state index contributed by atoms with van der Waals surface area (Å²) in [5.41, 5.74) is 1.32. The molecule has 0 spiro atoms. The SMILES string of the molecule is O=C(COc1ccc(-c2ccccc2)cc1)N1CCC(Oc2cc(C(F)(F)F)ccn2)C1. The number of aromatic nitrogens is 1. The largest absolute Gasteiger partial charge is 0.484 e. The number of halogens is 3. The van der Waals surface area contributed by atoms with Crippen molar-refractivity contribution < 1.29 is 27.4 Å². The topological polar surface area (TPSA) is 51.7 Å². The highest BCUT2D eigenvalue weighted by molar-refractivity contribution is 5.78. The van der Waals surface area contributed by atoms with Crippen LogP contribution >= 0.6 is 0 Å². The van der Waals surface area contributed by atoms with Crippen molar-refractivity contribution in [1.29, 1.82) is 0 Å². The average Bonchev–Trinajstić information content (AvgIpc) is 3.26. The molecule has 0 saturated carbocycles. The highest BCUT2D eigenvalue weighted by Gasteiger charge is 2.32. The molecule has 1 fully saturated rings. The first-order chi connectivity index (χ1) is 15.4. The number of hydrogen-bond donors (Lipinski definition) is 0. The maximum Gasteiger partial charge on any atom is 0.416 e. The van der Waals surface area contributed by atoms with Gasteiger partial charge >= 0.3 is 6.18 Å². The summed E-state index contributed by atoms with van der Waals surface area (Å²) < 4.78 is 49.7. The van der Waals surface area contributed by atoms with E-state index in [4.69, 9.17) is 9.47 Å². The van der Waals surface area contributed by atoms with Crippen LogP contribution in [0.5, 0.6) is 11.6 Å². The fraction of sp³-hybridized carbons (Fsp3) is 0.250. The van der Waals surface area contributed by atoms with Gasteiger partial charge in [-0.15, -0.1) is 0 Å². The summed E-state index contributed by atoms with van der Waals surface area (Å²) in [6.07, 6.45) is -3.31. The van der Waals surface area contributed by atoms with Gasteiger partial charge in [0.15, 0.2) is 6.61 Å². The van der Waals surface area contributed by atoms with Gasteiger partial charge in [-0.1, -0.05) is 42.5 Å². The van der Waals surface area contributed by atoms with Gasteiger partial charge in [0, 0.05) is 25.2 Å². The van der Waals surface area contributed by atoms with Crippen LogP contribution in [0.2, 0.25) is 0 Å². The number of rotatable bonds is 6. The van der Waals surface area contributed by atoms with Crippen molar-refractivity contribution in [3.05, 3.63) is 78.5 Å². The number of pyridine rings is 1. The van der Waals surface area contributed by atoms with E-state index in [-0.39, 0.29) is 24.9 Å². The molecule has 1 aliphatic rings. The molecule has 1 atom stereocenters. The Bertz CT molecular complexity index is 1060. The smallest absolute Gasteiger partial charge is 0.416 e. The van der Waals surface area contributed by atoms with Gasteiger partial charge in [-0.2, -0.15) is 13.2 Å². The van der Waals surface area contributed by atoms with E-state index >= 15 is 0 Å². The number of ether oxygens (including phenoxy) is 2. The fourth-order valence-corrected chi connectivity index (χ4v) is 3.48. The normalized spacial score (nSPS) is 16.1. The molecule has 0 aliphatic carbocycles. The van der Waals surface area contributed by atoms with Gasteiger partial charge in [0.1, 0.15) is 11.9 Å². The number of carbonyl (C=O) groups excluding carboxylic acids is 1. The molecule has 4 rings (SSSR count). The molecule has 1 amide bonds. The van der Waals surface area contributed by atoms with Gasteiger partial charge in [-0.3, -0.25) is 4.79 Å². The summed E-state index contributed by atoms with van der Waals surface area (Å²) in [6, 6.07) is 19.2. The Kier molecular flexibility index (Phi) is 6.30. The first-order valence-corrected chi connectivity index (χ1v) is 10.1. The Balaban J connectivity index is 1.27. The van der Waals surface area contributed by atoms with Crippen LogP contribution < -0.4 is 9.47 Å². The number of amides is 1. The number of nitrogens with zero attached hydrogens (tertiary/aromatic N) is 2. The van der Waals surface area contributed by atoms with E-state index in [9.17, 15) is 18.0 Å². The molecule has 0 radical (unpaired) electrons. The van der Waals surface area contributed by atoms with E-state index in [0.29, 0.717) is 18.7 Å². The van der Waals surface area contributed by atoms with Crippen LogP contribution in [0.25, 0.3) is 11.1 Å². The molecule has 166 valence electrons. The molecule has 1 saturated heterocycles. The minimum atomic E-state index is -4.46. The van der Waals surface area contributed by atoms with Crippen molar-refractivity contribution >= 4 is 5.91 Å². The monoisotopic (exact) mass is 442 g/mol. The van der Waals surface area contributed by atoms with E-state index in [1.54, 1.807) is 4.90 Å². The summed E-state index contributed by atoms with van der Waals surface area (Å²) in [7, 11) is 0. The molecule has 32 heavy (non-hydrogen) atoms. The molecule has 2 aromatic carbocycles. The second-order valence-corrected chi connectivity index (χ2v) is 7.43. The molecular weight excluding hydrogens is 421 g/mol. The van der Waals surface area contributed by atoms with Crippen molar-refractivity contribution in [3.63, 3.8) is 0 Å². The fourth-order valence-electron chi connectivity index (χ4n) is 3.48. The van der Waals surface area contributed by atoms with E-state index < -0.39 is 17.8 Å². The van der Waals surface area contributed by atoms with Crippen LogP contribution in [0.15, 0.2) is 72.9 Å². The quantitative estimate of drug-likeness (QED) is 0.549. The lowest BCUT2D eigenvalue weighted by Crippen LogP contribution is -2.34. The number of hydrogen-bond acceptors (Lipinski definition) is 4. The van der Waals surface area contributed by atoms with Crippen molar-refractivity contribution in [1.82, 2.24) is 9.88 Å². The van der Waals surface area contributed by atoms with E-state index in [1.165, 1.54) is 0 Å². The summed E-state index contributed by atoms with van der Waals surface area (Å²) >= 11 is 0. The molecule has 8 heteroatoms. The summed E-state index contributed by atoms with van der Waals surface area (Å²) in [6.45, 7) is 0.588. The van der Waals surface area contributed by atoms with Gasteiger partial charge in [-0.05, 0) is 29.3 Å². The van der Waals surface area contributed by atoms with Crippen LogP contribution in [-0.2, 0) is 11.0 Å².